The van der Waals surface area contributed by atoms with Crippen LogP contribution < -0.4 is 9.46 Å². The molecule has 0 atom stereocenters. The molecule has 1 N–H and O–H groups in total. The maximum absolute atomic E-state index is 12.7. The Bertz CT molecular complexity index is 1210. The van der Waals surface area contributed by atoms with Gasteiger partial charge in [-0.1, -0.05) is 50.3 Å². The van der Waals surface area contributed by atoms with Crippen molar-refractivity contribution >= 4 is 27.6 Å². The molecule has 184 valence electrons. The zero-order valence-corrected chi connectivity index (χ0v) is 22.3. The summed E-state index contributed by atoms with van der Waals surface area (Å²) >= 11 is 6.13. The van der Waals surface area contributed by atoms with E-state index < -0.39 is 21.6 Å². The smallest absolute Gasteiger partial charge is 0.344 e. The Morgan fingerprint density at radius 1 is 1.00 bits per heavy atom. The number of sulfonamides is 1. The first-order chi connectivity index (χ1) is 15.6. The van der Waals surface area contributed by atoms with Crippen LogP contribution in [-0.4, -0.2) is 33.1 Å². The third-order valence-electron chi connectivity index (χ3n) is 4.35. The van der Waals surface area contributed by atoms with E-state index in [0.717, 1.165) is 5.56 Å². The van der Waals surface area contributed by atoms with Gasteiger partial charge >= 0.3 is 5.97 Å². The van der Waals surface area contributed by atoms with Crippen molar-refractivity contribution in [1.29, 1.82) is 0 Å². The van der Waals surface area contributed by atoms with E-state index in [4.69, 9.17) is 21.1 Å². The number of benzene rings is 2. The molecule has 0 aliphatic heterocycles. The maximum atomic E-state index is 12.7. The lowest BCUT2D eigenvalue weighted by Crippen LogP contribution is -2.32. The number of halogens is 1. The summed E-state index contributed by atoms with van der Waals surface area (Å²) in [5.41, 5.74) is 1.03. The molecule has 2 rings (SSSR count). The van der Waals surface area contributed by atoms with Gasteiger partial charge in [-0.2, -0.15) is 0 Å². The minimum absolute atomic E-state index is 0.138. The van der Waals surface area contributed by atoms with Crippen LogP contribution >= 0.6 is 11.6 Å². The van der Waals surface area contributed by atoms with Crippen LogP contribution in [0.1, 0.15) is 58.2 Å². The number of hydrogen-bond donors (Lipinski definition) is 1. The number of ether oxygens (including phenoxy) is 2. The summed E-state index contributed by atoms with van der Waals surface area (Å²) in [5.74, 6) is 5.87. The Balaban J connectivity index is 2.31. The van der Waals surface area contributed by atoms with Crippen molar-refractivity contribution < 1.29 is 22.7 Å². The van der Waals surface area contributed by atoms with Crippen LogP contribution in [0.5, 0.6) is 5.75 Å². The van der Waals surface area contributed by atoms with Crippen LogP contribution in [-0.2, 0) is 19.6 Å². The molecule has 34 heavy (non-hydrogen) atoms. The molecular formula is C26H32ClNO5S. The van der Waals surface area contributed by atoms with E-state index in [1.807, 2.05) is 27.7 Å². The van der Waals surface area contributed by atoms with Crippen molar-refractivity contribution in [3.05, 3.63) is 58.1 Å². The average molecular weight is 506 g/mol. The number of carbonyl (C=O) groups is 1. The molecule has 2 aromatic rings. The Morgan fingerprint density at radius 2 is 1.65 bits per heavy atom. The fourth-order valence-corrected chi connectivity index (χ4v) is 4.15. The maximum Gasteiger partial charge on any atom is 0.344 e. The second-order valence-electron chi connectivity index (χ2n) is 10.1. The third-order valence-corrected chi connectivity index (χ3v) is 5.98. The van der Waals surface area contributed by atoms with Crippen molar-refractivity contribution in [2.24, 2.45) is 5.41 Å². The molecule has 0 radical (unpaired) electrons. The Labute approximate surface area is 208 Å². The van der Waals surface area contributed by atoms with Crippen LogP contribution in [0.3, 0.4) is 0 Å². The van der Waals surface area contributed by atoms with Gasteiger partial charge in [-0.3, -0.25) is 0 Å². The van der Waals surface area contributed by atoms with Gasteiger partial charge < -0.3 is 9.47 Å². The van der Waals surface area contributed by atoms with Crippen LogP contribution in [0.15, 0.2) is 41.3 Å². The molecule has 0 spiro atoms. The van der Waals surface area contributed by atoms with Crippen LogP contribution in [0.2, 0.25) is 5.02 Å². The van der Waals surface area contributed by atoms with Crippen molar-refractivity contribution in [3.8, 4) is 17.6 Å². The van der Waals surface area contributed by atoms with Crippen LogP contribution in [0.4, 0.5) is 0 Å². The second kappa shape index (κ2) is 10.8. The third kappa shape index (κ3) is 9.02. The van der Waals surface area contributed by atoms with Crippen molar-refractivity contribution in [2.75, 3.05) is 13.2 Å². The van der Waals surface area contributed by atoms with E-state index in [0.29, 0.717) is 28.4 Å². The molecule has 0 amide bonds. The zero-order chi connectivity index (χ0) is 25.7. The second-order valence-corrected chi connectivity index (χ2v) is 12.3. The highest BCUT2D eigenvalue weighted by atomic mass is 35.5. The molecule has 0 aromatic heterocycles. The highest BCUT2D eigenvalue weighted by molar-refractivity contribution is 7.89. The van der Waals surface area contributed by atoms with Crippen LogP contribution in [0.25, 0.3) is 0 Å². The Morgan fingerprint density at radius 3 is 2.26 bits per heavy atom. The quantitative estimate of drug-likeness (QED) is 0.436. The van der Waals surface area contributed by atoms with Gasteiger partial charge in [-0.05, 0) is 69.0 Å². The predicted molar refractivity (Wildman–Crippen MR) is 135 cm³/mol. The molecule has 0 bridgehead atoms. The van der Waals surface area contributed by atoms with Gasteiger partial charge in [-0.15, -0.1) is 0 Å². The number of aryl methyl sites for hydroxylation is 1. The highest BCUT2D eigenvalue weighted by Crippen LogP contribution is 2.23. The van der Waals surface area contributed by atoms with Crippen LogP contribution in [0, 0.1) is 24.2 Å². The number of esters is 1. The minimum atomic E-state index is -3.68. The molecule has 8 heteroatoms. The van der Waals surface area contributed by atoms with Crippen molar-refractivity contribution in [1.82, 2.24) is 4.72 Å². The SMILES string of the molecule is Cc1ccc(S(=O)(=O)NCC(C)(C)C)cc1C#Cc1cc(Cl)ccc1OCC(=O)OC(C)(C)C. The van der Waals surface area contributed by atoms with Gasteiger partial charge in [0, 0.05) is 17.1 Å². The lowest BCUT2D eigenvalue weighted by atomic mass is 9.98. The number of hydrogen-bond acceptors (Lipinski definition) is 5. The Hall–Kier alpha value is -2.53. The van der Waals surface area contributed by atoms with Gasteiger partial charge in [-0.25, -0.2) is 17.9 Å². The number of nitrogens with one attached hydrogen (secondary N) is 1. The lowest BCUT2D eigenvalue weighted by Gasteiger charge is -2.19. The molecule has 0 aliphatic rings. The fourth-order valence-electron chi connectivity index (χ4n) is 2.67. The molecule has 0 aliphatic carbocycles. The molecule has 0 saturated heterocycles. The van der Waals surface area contributed by atoms with Gasteiger partial charge in [0.2, 0.25) is 10.0 Å². The van der Waals surface area contributed by atoms with E-state index >= 15 is 0 Å². The largest absolute Gasteiger partial charge is 0.481 e. The molecule has 0 heterocycles. The number of carbonyl (C=O) groups excluding carboxylic acids is 1. The van der Waals surface area contributed by atoms with E-state index in [1.165, 1.54) is 0 Å². The minimum Gasteiger partial charge on any atom is -0.481 e. The molecule has 0 fully saturated rings. The summed E-state index contributed by atoms with van der Waals surface area (Å²) in [7, 11) is -3.68. The van der Waals surface area contributed by atoms with E-state index in [2.05, 4.69) is 16.6 Å². The Kier molecular flexibility index (Phi) is 8.81. The highest BCUT2D eigenvalue weighted by Gasteiger charge is 2.19. The summed E-state index contributed by atoms with van der Waals surface area (Å²) in [6, 6.07) is 9.70. The summed E-state index contributed by atoms with van der Waals surface area (Å²) < 4.78 is 39.0. The number of rotatable bonds is 6. The lowest BCUT2D eigenvalue weighted by molar-refractivity contribution is -0.157. The summed E-state index contributed by atoms with van der Waals surface area (Å²) in [6.45, 7) is 13.1. The van der Waals surface area contributed by atoms with Crippen molar-refractivity contribution in [2.45, 2.75) is 59.0 Å². The van der Waals surface area contributed by atoms with Gasteiger partial charge in [0.25, 0.3) is 0 Å². The molecule has 0 unspecified atom stereocenters. The van der Waals surface area contributed by atoms with Gasteiger partial charge in [0.1, 0.15) is 11.4 Å². The van der Waals surface area contributed by atoms with E-state index in [-0.39, 0.29) is 16.9 Å². The first-order valence-electron chi connectivity index (χ1n) is 10.8. The standard InChI is InChI=1S/C26H32ClNO5S/c1-18-8-12-22(34(30,31)28-17-25(2,3)4)15-19(18)9-10-20-14-21(27)11-13-23(20)32-16-24(29)33-26(5,6)7/h8,11-15,28H,16-17H2,1-7H3. The summed E-state index contributed by atoms with van der Waals surface area (Å²) in [4.78, 5) is 12.1. The topological polar surface area (TPSA) is 81.7 Å². The normalized spacial score (nSPS) is 12.0. The molecular weight excluding hydrogens is 474 g/mol. The first-order valence-corrected chi connectivity index (χ1v) is 12.7. The van der Waals surface area contributed by atoms with E-state index in [9.17, 15) is 13.2 Å². The summed E-state index contributed by atoms with van der Waals surface area (Å²) in [5, 5.41) is 0.452. The molecule has 0 saturated carbocycles. The molecule has 6 nitrogen and oxygen atoms in total. The first kappa shape index (κ1) is 27.7. The monoisotopic (exact) mass is 505 g/mol. The van der Waals surface area contributed by atoms with Gasteiger partial charge in [0.05, 0.1) is 10.5 Å². The average Bonchev–Trinajstić information content (AvgIpc) is 2.69. The fraction of sp³-hybridized carbons (Fsp3) is 0.423. The van der Waals surface area contributed by atoms with Crippen molar-refractivity contribution in [3.63, 3.8) is 0 Å². The zero-order valence-electron chi connectivity index (χ0n) is 20.7. The van der Waals surface area contributed by atoms with Gasteiger partial charge in [0.15, 0.2) is 6.61 Å². The molecule has 2 aromatic carbocycles. The van der Waals surface area contributed by atoms with E-state index in [1.54, 1.807) is 57.2 Å². The summed E-state index contributed by atoms with van der Waals surface area (Å²) in [6.07, 6.45) is 0. The predicted octanol–water partition coefficient (Wildman–Crippen LogP) is 5.09.